The number of Topliss-reactive ketones (excluding diaryl/α,β-unsaturated/α-hetero) is 1. The molecule has 6 nitrogen and oxygen atoms in total. The van der Waals surface area contributed by atoms with E-state index in [0.29, 0.717) is 22.5 Å². The van der Waals surface area contributed by atoms with Crippen LogP contribution in [0.15, 0.2) is 0 Å². The van der Waals surface area contributed by atoms with Crippen molar-refractivity contribution in [3.8, 4) is 0 Å². The molecule has 0 amide bonds. The lowest BCUT2D eigenvalue weighted by atomic mass is 9.85. The van der Waals surface area contributed by atoms with Crippen LogP contribution in [0.2, 0.25) is 0 Å². The zero-order chi connectivity index (χ0) is 17.1. The molecule has 1 heterocycles. The van der Waals surface area contributed by atoms with E-state index in [-0.39, 0.29) is 24.3 Å². The van der Waals surface area contributed by atoms with Gasteiger partial charge in [0.25, 0.3) is 0 Å². The van der Waals surface area contributed by atoms with Crippen molar-refractivity contribution in [2.45, 2.75) is 53.1 Å². The summed E-state index contributed by atoms with van der Waals surface area (Å²) in [6.07, 6.45) is 1.80. The van der Waals surface area contributed by atoms with E-state index < -0.39 is 12.1 Å². The number of ketones is 1. The summed E-state index contributed by atoms with van der Waals surface area (Å²) in [4.78, 5) is 39.3. The van der Waals surface area contributed by atoms with Crippen LogP contribution in [0, 0.1) is 19.8 Å². The van der Waals surface area contributed by atoms with Gasteiger partial charge in [-0.25, -0.2) is 4.79 Å². The van der Waals surface area contributed by atoms with Gasteiger partial charge in [-0.3, -0.25) is 9.59 Å². The second kappa shape index (κ2) is 6.98. The number of aromatic nitrogens is 1. The summed E-state index contributed by atoms with van der Waals surface area (Å²) in [6, 6.07) is 0. The maximum atomic E-state index is 12.5. The first kappa shape index (κ1) is 17.2. The normalized spacial score (nSPS) is 15.7. The summed E-state index contributed by atoms with van der Waals surface area (Å²) in [5, 5.41) is 0. The fraction of sp³-hybridized carbons (Fsp3) is 0.588. The predicted octanol–water partition coefficient (Wildman–Crippen LogP) is 2.72. The van der Waals surface area contributed by atoms with Gasteiger partial charge in [0.15, 0.2) is 6.10 Å². The minimum absolute atomic E-state index is 0.0770. The smallest absolute Gasteiger partial charge is 0.340 e. The first-order valence-corrected chi connectivity index (χ1v) is 7.97. The Morgan fingerprint density at radius 2 is 1.91 bits per heavy atom. The number of esters is 2. The number of nitrogens with one attached hydrogen (secondary N) is 1. The molecule has 1 fully saturated rings. The summed E-state index contributed by atoms with van der Waals surface area (Å²) in [5.41, 5.74) is 1.76. The molecule has 0 spiro atoms. The van der Waals surface area contributed by atoms with Gasteiger partial charge in [0, 0.05) is 5.69 Å². The molecule has 1 aromatic heterocycles. The molecule has 0 bridgehead atoms. The zero-order valence-corrected chi connectivity index (χ0v) is 14.0. The fourth-order valence-electron chi connectivity index (χ4n) is 2.68. The molecule has 1 saturated carbocycles. The molecular weight excluding hydrogens is 298 g/mol. The third kappa shape index (κ3) is 3.46. The van der Waals surface area contributed by atoms with Gasteiger partial charge in [-0.15, -0.1) is 0 Å². The Hall–Kier alpha value is -2.11. The van der Waals surface area contributed by atoms with Crippen molar-refractivity contribution >= 4 is 17.7 Å². The first-order valence-electron chi connectivity index (χ1n) is 7.97. The Morgan fingerprint density at radius 3 is 2.43 bits per heavy atom. The molecular formula is C17H23NO5. The average molecular weight is 321 g/mol. The third-order valence-corrected chi connectivity index (χ3v) is 4.26. The number of hydrogen-bond donors (Lipinski definition) is 1. The molecule has 0 radical (unpaired) electrons. The van der Waals surface area contributed by atoms with Crippen LogP contribution in [0.3, 0.4) is 0 Å². The molecule has 23 heavy (non-hydrogen) atoms. The van der Waals surface area contributed by atoms with E-state index in [1.807, 2.05) is 0 Å². The molecule has 0 aromatic carbocycles. The molecule has 1 aliphatic rings. The van der Waals surface area contributed by atoms with Crippen molar-refractivity contribution in [1.29, 1.82) is 0 Å². The summed E-state index contributed by atoms with van der Waals surface area (Å²) >= 11 is 0. The fourth-order valence-corrected chi connectivity index (χ4v) is 2.68. The summed E-state index contributed by atoms with van der Waals surface area (Å²) in [7, 11) is 0. The standard InChI is InChI=1S/C17H23NO5/c1-5-22-17(21)13-9(2)14(18-10(13)3)15(19)11(4)23-16(20)12-7-6-8-12/h11-12,18H,5-8H2,1-4H3/t11-/m1/s1. The number of aryl methyl sites for hydroxylation is 1. The Bertz CT molecular complexity index is 627. The van der Waals surface area contributed by atoms with Gasteiger partial charge >= 0.3 is 11.9 Å². The van der Waals surface area contributed by atoms with Crippen molar-refractivity contribution in [2.75, 3.05) is 6.61 Å². The van der Waals surface area contributed by atoms with Crippen LogP contribution in [0.4, 0.5) is 0 Å². The predicted molar refractivity (Wildman–Crippen MR) is 83.4 cm³/mol. The molecule has 6 heteroatoms. The third-order valence-electron chi connectivity index (χ3n) is 4.26. The Balaban J connectivity index is 2.14. The van der Waals surface area contributed by atoms with Crippen molar-refractivity contribution in [3.05, 3.63) is 22.5 Å². The molecule has 0 unspecified atom stereocenters. The van der Waals surface area contributed by atoms with Crippen LogP contribution >= 0.6 is 0 Å². The highest BCUT2D eigenvalue weighted by Crippen LogP contribution is 2.28. The molecule has 1 N–H and O–H groups in total. The van der Waals surface area contributed by atoms with Gasteiger partial charge in [-0.1, -0.05) is 6.42 Å². The number of aromatic amines is 1. The Morgan fingerprint density at radius 1 is 1.26 bits per heavy atom. The lowest BCUT2D eigenvalue weighted by Crippen LogP contribution is -2.31. The van der Waals surface area contributed by atoms with Gasteiger partial charge in [-0.05, 0) is 46.1 Å². The highest BCUT2D eigenvalue weighted by atomic mass is 16.5. The highest BCUT2D eigenvalue weighted by Gasteiger charge is 2.31. The number of carbonyl (C=O) groups is 3. The first-order chi connectivity index (χ1) is 10.9. The molecule has 126 valence electrons. The Kier molecular flexibility index (Phi) is 5.23. The van der Waals surface area contributed by atoms with E-state index >= 15 is 0 Å². The van der Waals surface area contributed by atoms with Gasteiger partial charge in [0.05, 0.1) is 23.8 Å². The minimum Gasteiger partial charge on any atom is -0.462 e. The van der Waals surface area contributed by atoms with Crippen molar-refractivity contribution in [1.82, 2.24) is 4.98 Å². The molecule has 1 aliphatic carbocycles. The van der Waals surface area contributed by atoms with Crippen molar-refractivity contribution in [2.24, 2.45) is 5.92 Å². The van der Waals surface area contributed by atoms with E-state index in [0.717, 1.165) is 19.3 Å². The number of carbonyl (C=O) groups excluding carboxylic acids is 3. The van der Waals surface area contributed by atoms with Gasteiger partial charge in [-0.2, -0.15) is 0 Å². The van der Waals surface area contributed by atoms with Crippen LogP contribution in [-0.2, 0) is 14.3 Å². The Labute approximate surface area is 135 Å². The molecule has 0 saturated heterocycles. The van der Waals surface area contributed by atoms with E-state index in [4.69, 9.17) is 9.47 Å². The maximum Gasteiger partial charge on any atom is 0.340 e. The summed E-state index contributed by atoms with van der Waals surface area (Å²) in [6.45, 7) is 6.94. The molecule has 1 atom stereocenters. The van der Waals surface area contributed by atoms with Gasteiger partial charge in [0.1, 0.15) is 0 Å². The minimum atomic E-state index is -0.880. The number of H-pyrrole nitrogens is 1. The molecule has 0 aliphatic heterocycles. The molecule has 2 rings (SSSR count). The number of ether oxygens (including phenoxy) is 2. The van der Waals surface area contributed by atoms with Crippen LogP contribution in [0.25, 0.3) is 0 Å². The average Bonchev–Trinajstić information content (AvgIpc) is 2.71. The summed E-state index contributed by atoms with van der Waals surface area (Å²) in [5.74, 6) is -1.19. The number of hydrogen-bond acceptors (Lipinski definition) is 5. The second-order valence-electron chi connectivity index (χ2n) is 5.92. The second-order valence-corrected chi connectivity index (χ2v) is 5.92. The zero-order valence-electron chi connectivity index (χ0n) is 14.0. The lowest BCUT2D eigenvalue weighted by Gasteiger charge is -2.24. The number of rotatable bonds is 6. The summed E-state index contributed by atoms with van der Waals surface area (Å²) < 4.78 is 10.3. The lowest BCUT2D eigenvalue weighted by molar-refractivity contribution is -0.154. The maximum absolute atomic E-state index is 12.5. The van der Waals surface area contributed by atoms with Crippen LogP contribution < -0.4 is 0 Å². The van der Waals surface area contributed by atoms with Gasteiger partial charge in [0.2, 0.25) is 5.78 Å². The van der Waals surface area contributed by atoms with Gasteiger partial charge < -0.3 is 14.5 Å². The molecule has 1 aromatic rings. The van der Waals surface area contributed by atoms with Crippen molar-refractivity contribution in [3.63, 3.8) is 0 Å². The monoisotopic (exact) mass is 321 g/mol. The van der Waals surface area contributed by atoms with Crippen molar-refractivity contribution < 1.29 is 23.9 Å². The van der Waals surface area contributed by atoms with Crippen LogP contribution in [0.5, 0.6) is 0 Å². The SMILES string of the molecule is CCOC(=O)c1c(C)[nH]c(C(=O)[C@@H](C)OC(=O)C2CCC2)c1C. The van der Waals surface area contributed by atoms with E-state index in [1.54, 1.807) is 27.7 Å². The van der Waals surface area contributed by atoms with E-state index in [1.165, 1.54) is 0 Å². The largest absolute Gasteiger partial charge is 0.462 e. The van der Waals surface area contributed by atoms with E-state index in [9.17, 15) is 14.4 Å². The van der Waals surface area contributed by atoms with Crippen LogP contribution in [0.1, 0.15) is 65.2 Å². The highest BCUT2D eigenvalue weighted by molar-refractivity contribution is 6.04. The topological polar surface area (TPSA) is 85.5 Å². The van der Waals surface area contributed by atoms with Crippen LogP contribution in [-0.4, -0.2) is 35.4 Å². The quantitative estimate of drug-likeness (QED) is 0.643. The van der Waals surface area contributed by atoms with E-state index in [2.05, 4.69) is 4.98 Å².